The van der Waals surface area contributed by atoms with Gasteiger partial charge in [0, 0.05) is 27.7 Å². The van der Waals surface area contributed by atoms with Gasteiger partial charge >= 0.3 is 0 Å². The largest absolute Gasteiger partial charge is 0.493 e. The van der Waals surface area contributed by atoms with Crippen molar-refractivity contribution >= 4 is 57.7 Å². The number of thioether (sulfide) groups is 1. The van der Waals surface area contributed by atoms with Crippen LogP contribution in [0.25, 0.3) is 6.08 Å². The summed E-state index contributed by atoms with van der Waals surface area (Å²) in [5, 5.41) is 10.2. The molecule has 5 rings (SSSR count). The highest BCUT2D eigenvalue weighted by Crippen LogP contribution is 2.37. The van der Waals surface area contributed by atoms with Crippen LogP contribution in [0, 0.1) is 0 Å². The van der Waals surface area contributed by atoms with Crippen LogP contribution in [0.2, 0.25) is 0 Å². The van der Waals surface area contributed by atoms with E-state index in [-0.39, 0.29) is 11.6 Å². The summed E-state index contributed by atoms with van der Waals surface area (Å²) in [7, 11) is 3.06. The molecule has 0 saturated heterocycles. The second-order valence-electron chi connectivity index (χ2n) is 9.71. The lowest BCUT2D eigenvalue weighted by molar-refractivity contribution is -0.116. The molecule has 0 aliphatic heterocycles. The van der Waals surface area contributed by atoms with Crippen LogP contribution in [0.5, 0.6) is 11.5 Å². The summed E-state index contributed by atoms with van der Waals surface area (Å²) < 4.78 is 10.7. The molecule has 1 aromatic heterocycles. The molecule has 4 aromatic carbocycles. The Bertz CT molecular complexity index is 1830. The van der Waals surface area contributed by atoms with Crippen molar-refractivity contribution in [1.82, 2.24) is 10.3 Å². The average Bonchev–Trinajstić information content (AvgIpc) is 3.60. The minimum absolute atomic E-state index is 0.0177. The Balaban J connectivity index is 1.40. The number of rotatable bonds is 12. The van der Waals surface area contributed by atoms with Crippen LogP contribution in [-0.2, 0) is 9.59 Å². The first-order valence-corrected chi connectivity index (χ1v) is 15.8. The summed E-state index contributed by atoms with van der Waals surface area (Å²) >= 11 is 2.68. The first-order chi connectivity index (χ1) is 22.4. The van der Waals surface area contributed by atoms with Crippen LogP contribution >= 0.6 is 23.1 Å². The van der Waals surface area contributed by atoms with Crippen LogP contribution in [0.1, 0.15) is 26.7 Å². The summed E-state index contributed by atoms with van der Waals surface area (Å²) in [6.45, 7) is 0. The van der Waals surface area contributed by atoms with E-state index < -0.39 is 17.1 Å². The Morgan fingerprint density at radius 3 is 2.26 bits per heavy atom. The van der Waals surface area contributed by atoms with Crippen molar-refractivity contribution in [1.29, 1.82) is 0 Å². The van der Waals surface area contributed by atoms with Gasteiger partial charge in [-0.05, 0) is 59.7 Å². The minimum Gasteiger partial charge on any atom is -0.493 e. The summed E-state index contributed by atoms with van der Waals surface area (Å²) in [5.41, 5.74) is 2.32. The number of hydrogen-bond donors (Lipinski definition) is 3. The molecule has 3 amide bonds. The van der Waals surface area contributed by atoms with Gasteiger partial charge in [0.15, 0.2) is 16.6 Å². The van der Waals surface area contributed by atoms with Crippen LogP contribution in [0.4, 0.5) is 10.8 Å². The number of amides is 3. The van der Waals surface area contributed by atoms with E-state index in [1.54, 1.807) is 84.4 Å². The standard InChI is InChI=1S/C35H30N4O5S2/c1-43-29-17-16-23(21-30(29)44-2)20-28(38-32(40)25-12-7-4-8-13-25)33(41)37-26-14-9-15-27(22-26)46-31(24-10-5-3-6-11-24)34(42)39-35-36-18-19-45-35/h3-22,31H,1-2H3,(H,37,41)(H,38,40)(H,36,39,42)/b28-20+. The maximum atomic E-state index is 13.7. The van der Waals surface area contributed by atoms with E-state index in [2.05, 4.69) is 20.9 Å². The molecule has 11 heteroatoms. The number of nitrogens with one attached hydrogen (secondary N) is 3. The Morgan fingerprint density at radius 1 is 0.826 bits per heavy atom. The van der Waals surface area contributed by atoms with Gasteiger partial charge in [0.2, 0.25) is 5.91 Å². The van der Waals surface area contributed by atoms with Crippen LogP contribution in [0.3, 0.4) is 0 Å². The summed E-state index contributed by atoms with van der Waals surface area (Å²) in [6.07, 6.45) is 3.19. The molecule has 0 radical (unpaired) electrons. The summed E-state index contributed by atoms with van der Waals surface area (Å²) in [6, 6.07) is 30.4. The summed E-state index contributed by atoms with van der Waals surface area (Å²) in [4.78, 5) is 45.0. The number of ether oxygens (including phenoxy) is 2. The van der Waals surface area contributed by atoms with E-state index >= 15 is 0 Å². The van der Waals surface area contributed by atoms with Crippen molar-refractivity contribution in [3.05, 3.63) is 137 Å². The van der Waals surface area contributed by atoms with Crippen molar-refractivity contribution in [2.75, 3.05) is 24.9 Å². The highest BCUT2D eigenvalue weighted by Gasteiger charge is 2.23. The molecule has 0 saturated carbocycles. The molecule has 0 bridgehead atoms. The predicted octanol–water partition coefficient (Wildman–Crippen LogP) is 7.04. The van der Waals surface area contributed by atoms with E-state index in [9.17, 15) is 14.4 Å². The van der Waals surface area contributed by atoms with Crippen molar-refractivity contribution in [3.8, 4) is 11.5 Å². The maximum absolute atomic E-state index is 13.7. The molecule has 0 fully saturated rings. The Hall–Kier alpha value is -5.39. The molecule has 1 heterocycles. The Labute approximate surface area is 274 Å². The molecule has 46 heavy (non-hydrogen) atoms. The molecule has 9 nitrogen and oxygen atoms in total. The number of thiazole rings is 1. The second kappa shape index (κ2) is 15.6. The third kappa shape index (κ3) is 8.40. The molecule has 1 atom stereocenters. The first-order valence-electron chi connectivity index (χ1n) is 14.1. The highest BCUT2D eigenvalue weighted by molar-refractivity contribution is 8.00. The molecule has 1 unspecified atom stereocenters. The van der Waals surface area contributed by atoms with E-state index in [1.807, 2.05) is 36.4 Å². The monoisotopic (exact) mass is 650 g/mol. The first kappa shape index (κ1) is 32.0. The number of benzene rings is 4. The maximum Gasteiger partial charge on any atom is 0.272 e. The van der Waals surface area contributed by atoms with Gasteiger partial charge in [-0.15, -0.1) is 23.1 Å². The number of carbonyl (C=O) groups excluding carboxylic acids is 3. The highest BCUT2D eigenvalue weighted by atomic mass is 32.2. The predicted molar refractivity (Wildman–Crippen MR) is 182 cm³/mol. The van der Waals surface area contributed by atoms with E-state index in [4.69, 9.17) is 9.47 Å². The smallest absolute Gasteiger partial charge is 0.272 e. The SMILES string of the molecule is COc1ccc(/C=C(/NC(=O)c2ccccc2)C(=O)Nc2cccc(SC(C(=O)Nc3nccs3)c3ccccc3)c2)cc1OC. The number of aromatic nitrogens is 1. The Morgan fingerprint density at radius 2 is 1.57 bits per heavy atom. The molecule has 232 valence electrons. The number of nitrogens with zero attached hydrogens (tertiary/aromatic N) is 1. The fraction of sp³-hybridized carbons (Fsp3) is 0.0857. The van der Waals surface area contributed by atoms with Gasteiger partial charge in [0.05, 0.1) is 14.2 Å². The third-order valence-electron chi connectivity index (χ3n) is 6.60. The van der Waals surface area contributed by atoms with Crippen LogP contribution in [-0.4, -0.2) is 36.9 Å². The van der Waals surface area contributed by atoms with Gasteiger partial charge in [0.25, 0.3) is 11.8 Å². The number of carbonyl (C=O) groups is 3. The topological polar surface area (TPSA) is 119 Å². The van der Waals surface area contributed by atoms with E-state index in [0.717, 1.165) is 10.5 Å². The van der Waals surface area contributed by atoms with Crippen LogP contribution in [0.15, 0.2) is 125 Å². The molecule has 0 aliphatic carbocycles. The number of anilines is 2. The molecule has 0 spiro atoms. The average molecular weight is 651 g/mol. The lowest BCUT2D eigenvalue weighted by Crippen LogP contribution is -2.30. The third-order valence-corrected chi connectivity index (χ3v) is 8.53. The van der Waals surface area contributed by atoms with E-state index in [1.165, 1.54) is 37.3 Å². The van der Waals surface area contributed by atoms with Gasteiger partial charge < -0.3 is 25.4 Å². The summed E-state index contributed by atoms with van der Waals surface area (Å²) in [5.74, 6) is -0.195. The lowest BCUT2D eigenvalue weighted by atomic mass is 10.1. The molecular formula is C35H30N4O5S2. The molecule has 3 N–H and O–H groups in total. The van der Waals surface area contributed by atoms with Crippen LogP contribution < -0.4 is 25.4 Å². The quantitative estimate of drug-likeness (QED) is 0.0979. The second-order valence-corrected chi connectivity index (χ2v) is 11.8. The lowest BCUT2D eigenvalue weighted by Gasteiger charge is -2.17. The van der Waals surface area contributed by atoms with Gasteiger partial charge in [-0.1, -0.05) is 60.7 Å². The zero-order valence-electron chi connectivity index (χ0n) is 24.9. The Kier molecular flexibility index (Phi) is 10.8. The van der Waals surface area contributed by atoms with Crippen molar-refractivity contribution in [3.63, 3.8) is 0 Å². The zero-order valence-corrected chi connectivity index (χ0v) is 26.6. The minimum atomic E-state index is -0.582. The zero-order chi connectivity index (χ0) is 32.3. The normalized spacial score (nSPS) is 11.7. The fourth-order valence-corrected chi connectivity index (χ4v) is 6.01. The van der Waals surface area contributed by atoms with Gasteiger partial charge in [0.1, 0.15) is 10.9 Å². The van der Waals surface area contributed by atoms with Gasteiger partial charge in [-0.3, -0.25) is 14.4 Å². The number of methoxy groups -OCH3 is 2. The van der Waals surface area contributed by atoms with Gasteiger partial charge in [-0.2, -0.15) is 0 Å². The van der Waals surface area contributed by atoms with Crippen molar-refractivity contribution in [2.24, 2.45) is 0 Å². The van der Waals surface area contributed by atoms with E-state index in [0.29, 0.717) is 33.4 Å². The fourth-order valence-electron chi connectivity index (χ4n) is 4.39. The molecule has 5 aromatic rings. The van der Waals surface area contributed by atoms with Crippen molar-refractivity contribution < 1.29 is 23.9 Å². The van der Waals surface area contributed by atoms with Crippen molar-refractivity contribution in [2.45, 2.75) is 10.1 Å². The molecular weight excluding hydrogens is 621 g/mol. The number of hydrogen-bond acceptors (Lipinski definition) is 8. The molecule has 0 aliphatic rings. The van der Waals surface area contributed by atoms with Gasteiger partial charge in [-0.25, -0.2) is 4.98 Å².